The summed E-state index contributed by atoms with van der Waals surface area (Å²) in [6.45, 7) is 2.69. The molecule has 0 amide bonds. The van der Waals surface area contributed by atoms with Crippen molar-refractivity contribution in [2.45, 2.75) is 37.9 Å². The average molecular weight is 280 g/mol. The van der Waals surface area contributed by atoms with Crippen molar-refractivity contribution in [3.63, 3.8) is 0 Å². The summed E-state index contributed by atoms with van der Waals surface area (Å²) in [5, 5.41) is 21.1. The van der Waals surface area contributed by atoms with Crippen LogP contribution in [0.3, 0.4) is 0 Å². The molecule has 0 spiro atoms. The van der Waals surface area contributed by atoms with E-state index in [4.69, 9.17) is 10.2 Å². The van der Waals surface area contributed by atoms with Gasteiger partial charge in [0.15, 0.2) is 0 Å². The highest BCUT2D eigenvalue weighted by molar-refractivity contribution is 7.88. The van der Waals surface area contributed by atoms with E-state index in [9.17, 15) is 8.42 Å². The Kier molecular flexibility index (Phi) is 6.51. The van der Waals surface area contributed by atoms with Crippen LogP contribution >= 0.6 is 0 Å². The van der Waals surface area contributed by atoms with E-state index in [2.05, 4.69) is 5.32 Å². The molecule has 2 heterocycles. The van der Waals surface area contributed by atoms with Gasteiger partial charge in [0.05, 0.1) is 18.5 Å². The molecule has 0 bridgehead atoms. The van der Waals surface area contributed by atoms with Crippen LogP contribution in [0, 0.1) is 0 Å². The second-order valence-corrected chi connectivity index (χ2v) is 6.90. The average Bonchev–Trinajstić information content (AvgIpc) is 2.30. The fourth-order valence-corrected chi connectivity index (χ4v) is 2.96. The van der Waals surface area contributed by atoms with Gasteiger partial charge in [-0.25, -0.2) is 8.42 Å². The summed E-state index contributed by atoms with van der Waals surface area (Å²) in [5.41, 5.74) is 0. The highest BCUT2D eigenvalue weighted by Crippen LogP contribution is 2.12. The second kappa shape index (κ2) is 7.40. The van der Waals surface area contributed by atoms with Crippen LogP contribution in [0.25, 0.3) is 0 Å². The number of β-amino-alcohol motifs (C(OH)–C–C–N with tert-alkyl or cyclic N) is 2. The number of rotatable bonds is 1. The molecular formula is C11H24N2O4S. The quantitative estimate of drug-likeness (QED) is 0.581. The molecule has 0 aromatic rings. The number of aliphatic hydroxyl groups excluding tert-OH is 2. The molecular weight excluding hydrogens is 256 g/mol. The summed E-state index contributed by atoms with van der Waals surface area (Å²) in [5.74, 6) is 0. The molecule has 7 heteroatoms. The smallest absolute Gasteiger partial charge is 0.211 e. The molecule has 2 atom stereocenters. The Hall–Kier alpha value is -0.210. The molecule has 0 aromatic heterocycles. The lowest BCUT2D eigenvalue weighted by molar-refractivity contribution is 0.108. The molecule has 2 unspecified atom stereocenters. The first kappa shape index (κ1) is 15.8. The molecule has 2 rings (SSSR count). The summed E-state index contributed by atoms with van der Waals surface area (Å²) in [4.78, 5) is 0. The molecule has 2 aliphatic heterocycles. The minimum atomic E-state index is -3.09. The van der Waals surface area contributed by atoms with Crippen LogP contribution in [0.5, 0.6) is 0 Å². The van der Waals surface area contributed by atoms with Gasteiger partial charge in [0.2, 0.25) is 10.0 Å². The Bertz CT molecular complexity index is 328. The molecule has 18 heavy (non-hydrogen) atoms. The lowest BCUT2D eigenvalue weighted by atomic mass is 10.1. The largest absolute Gasteiger partial charge is 0.392 e. The fraction of sp³-hybridized carbons (Fsp3) is 1.00. The number of piperidine rings is 2. The Labute approximate surface area is 109 Å². The lowest BCUT2D eigenvalue weighted by Gasteiger charge is -2.27. The fourth-order valence-electron chi connectivity index (χ4n) is 2.06. The first-order valence-corrected chi connectivity index (χ1v) is 8.26. The van der Waals surface area contributed by atoms with Crippen molar-refractivity contribution < 1.29 is 18.6 Å². The number of hydrogen-bond donors (Lipinski definition) is 3. The molecule has 0 aromatic carbocycles. The van der Waals surface area contributed by atoms with Crippen LogP contribution in [0.4, 0.5) is 0 Å². The van der Waals surface area contributed by atoms with Gasteiger partial charge in [-0.2, -0.15) is 4.31 Å². The normalized spacial score (nSPS) is 30.4. The van der Waals surface area contributed by atoms with Crippen LogP contribution in [0.2, 0.25) is 0 Å². The molecule has 2 fully saturated rings. The predicted octanol–water partition coefficient (Wildman–Crippen LogP) is -0.867. The number of aliphatic hydroxyl groups is 2. The van der Waals surface area contributed by atoms with Crippen molar-refractivity contribution in [1.29, 1.82) is 0 Å². The molecule has 108 valence electrons. The van der Waals surface area contributed by atoms with E-state index >= 15 is 0 Å². The molecule has 0 aliphatic carbocycles. The first-order chi connectivity index (χ1) is 8.39. The van der Waals surface area contributed by atoms with E-state index in [1.54, 1.807) is 0 Å². The van der Waals surface area contributed by atoms with Crippen LogP contribution < -0.4 is 5.32 Å². The maximum Gasteiger partial charge on any atom is 0.211 e. The Morgan fingerprint density at radius 3 is 2.17 bits per heavy atom. The van der Waals surface area contributed by atoms with Crippen LogP contribution in [-0.2, 0) is 10.0 Å². The van der Waals surface area contributed by atoms with E-state index < -0.39 is 16.1 Å². The van der Waals surface area contributed by atoms with Gasteiger partial charge in [0.25, 0.3) is 0 Å². The third kappa shape index (κ3) is 6.10. The standard InChI is InChI=1S/C6H13NO3S.C5H11NO/c1-11(9,10)7-4-2-3-6(8)5-7;7-5-2-1-3-6-4-5/h6,8H,2-5H2,1H3;5-7H,1-4H2. The van der Waals surface area contributed by atoms with E-state index in [1.165, 1.54) is 10.6 Å². The number of nitrogens with zero attached hydrogens (tertiary/aromatic N) is 1. The summed E-state index contributed by atoms with van der Waals surface area (Å²) < 4.78 is 23.2. The topological polar surface area (TPSA) is 89.9 Å². The van der Waals surface area contributed by atoms with Gasteiger partial charge in [-0.3, -0.25) is 0 Å². The molecule has 2 saturated heterocycles. The van der Waals surface area contributed by atoms with Gasteiger partial charge in [-0.1, -0.05) is 0 Å². The van der Waals surface area contributed by atoms with Crippen LogP contribution in [0.15, 0.2) is 0 Å². The lowest BCUT2D eigenvalue weighted by Crippen LogP contribution is -2.41. The predicted molar refractivity (Wildman–Crippen MR) is 69.8 cm³/mol. The van der Waals surface area contributed by atoms with Crippen molar-refractivity contribution in [2.75, 3.05) is 32.4 Å². The minimum Gasteiger partial charge on any atom is -0.392 e. The number of sulfonamides is 1. The monoisotopic (exact) mass is 280 g/mol. The van der Waals surface area contributed by atoms with Crippen molar-refractivity contribution >= 4 is 10.0 Å². The van der Waals surface area contributed by atoms with Crippen LogP contribution in [-0.4, -0.2) is 67.6 Å². The molecule has 3 N–H and O–H groups in total. The summed E-state index contributed by atoms with van der Waals surface area (Å²) in [7, 11) is -3.09. The molecule has 2 aliphatic rings. The number of hydrogen-bond acceptors (Lipinski definition) is 5. The highest BCUT2D eigenvalue weighted by atomic mass is 32.2. The van der Waals surface area contributed by atoms with Crippen molar-refractivity contribution in [3.05, 3.63) is 0 Å². The van der Waals surface area contributed by atoms with E-state index in [1.807, 2.05) is 0 Å². The van der Waals surface area contributed by atoms with Gasteiger partial charge in [-0.05, 0) is 32.2 Å². The SMILES string of the molecule is CS(=O)(=O)N1CCCC(O)C1.OC1CCCNC1. The van der Waals surface area contributed by atoms with E-state index in [-0.39, 0.29) is 12.6 Å². The summed E-state index contributed by atoms with van der Waals surface area (Å²) >= 11 is 0. The van der Waals surface area contributed by atoms with Crippen molar-refractivity contribution in [1.82, 2.24) is 9.62 Å². The first-order valence-electron chi connectivity index (χ1n) is 6.41. The number of nitrogens with one attached hydrogen (secondary N) is 1. The van der Waals surface area contributed by atoms with Gasteiger partial charge < -0.3 is 15.5 Å². The minimum absolute atomic E-state index is 0.0752. The Balaban J connectivity index is 0.000000199. The third-order valence-electron chi connectivity index (χ3n) is 3.10. The van der Waals surface area contributed by atoms with Gasteiger partial charge in [0, 0.05) is 19.6 Å². The zero-order valence-electron chi connectivity index (χ0n) is 10.9. The summed E-state index contributed by atoms with van der Waals surface area (Å²) in [6, 6.07) is 0. The van der Waals surface area contributed by atoms with Gasteiger partial charge >= 0.3 is 0 Å². The summed E-state index contributed by atoms with van der Waals surface area (Å²) in [6.07, 6.45) is 4.20. The van der Waals surface area contributed by atoms with Gasteiger partial charge in [0.1, 0.15) is 0 Å². The molecule has 0 radical (unpaired) electrons. The van der Waals surface area contributed by atoms with Crippen molar-refractivity contribution in [2.24, 2.45) is 0 Å². The Morgan fingerprint density at radius 2 is 1.83 bits per heavy atom. The van der Waals surface area contributed by atoms with E-state index in [0.29, 0.717) is 13.0 Å². The highest BCUT2D eigenvalue weighted by Gasteiger charge is 2.23. The second-order valence-electron chi connectivity index (χ2n) is 4.92. The third-order valence-corrected chi connectivity index (χ3v) is 4.37. The zero-order valence-corrected chi connectivity index (χ0v) is 11.7. The Morgan fingerprint density at radius 1 is 1.17 bits per heavy atom. The molecule has 0 saturated carbocycles. The van der Waals surface area contributed by atoms with Gasteiger partial charge in [-0.15, -0.1) is 0 Å². The zero-order chi connectivity index (χ0) is 13.6. The maximum atomic E-state index is 10.9. The molecule has 6 nitrogen and oxygen atoms in total. The van der Waals surface area contributed by atoms with E-state index in [0.717, 1.165) is 32.4 Å². The van der Waals surface area contributed by atoms with Crippen molar-refractivity contribution in [3.8, 4) is 0 Å². The van der Waals surface area contributed by atoms with Crippen LogP contribution in [0.1, 0.15) is 25.7 Å². The maximum absolute atomic E-state index is 10.9.